The summed E-state index contributed by atoms with van der Waals surface area (Å²) in [4.78, 5) is 39.2. The Hall–Kier alpha value is -3.33. The third-order valence-electron chi connectivity index (χ3n) is 8.88. The van der Waals surface area contributed by atoms with Crippen molar-refractivity contribution in [3.05, 3.63) is 42.1 Å². The van der Waals surface area contributed by atoms with Crippen molar-refractivity contribution >= 4 is 34.8 Å². The Morgan fingerprint density at radius 1 is 1.05 bits per heavy atom. The molecule has 4 heterocycles. The second-order valence-corrected chi connectivity index (χ2v) is 10.8. The molecule has 3 fully saturated rings. The van der Waals surface area contributed by atoms with E-state index in [1.807, 2.05) is 40.9 Å². The average Bonchev–Trinajstić information content (AvgIpc) is 3.07. The van der Waals surface area contributed by atoms with Crippen molar-refractivity contribution in [1.29, 1.82) is 0 Å². The zero-order valence-corrected chi connectivity index (χ0v) is 21.9. The summed E-state index contributed by atoms with van der Waals surface area (Å²) in [6, 6.07) is 10.8. The molecule has 0 radical (unpaired) electrons. The minimum atomic E-state index is -0.00874. The molecule has 3 aliphatic heterocycles. The topological polar surface area (TPSA) is 81.2 Å². The lowest BCUT2D eigenvalue weighted by Gasteiger charge is -2.39. The Labute approximate surface area is 218 Å². The summed E-state index contributed by atoms with van der Waals surface area (Å²) in [6.45, 7) is 2.14. The summed E-state index contributed by atoms with van der Waals surface area (Å²) < 4.78 is 5.54. The van der Waals surface area contributed by atoms with Gasteiger partial charge in [-0.15, -0.1) is 0 Å². The number of aromatic nitrogens is 1. The molecule has 1 aromatic carbocycles. The van der Waals surface area contributed by atoms with Crippen molar-refractivity contribution in [2.45, 2.75) is 56.8 Å². The van der Waals surface area contributed by atoms with Gasteiger partial charge in [0.05, 0.1) is 36.1 Å². The van der Waals surface area contributed by atoms with Crippen LogP contribution in [0.5, 0.6) is 0 Å². The minimum absolute atomic E-state index is 0.00874. The molecule has 9 nitrogen and oxygen atoms in total. The van der Waals surface area contributed by atoms with Gasteiger partial charge < -0.3 is 29.7 Å². The van der Waals surface area contributed by atoms with E-state index < -0.39 is 0 Å². The average molecular weight is 505 g/mol. The molecule has 6 rings (SSSR count). The minimum Gasteiger partial charge on any atom is -0.381 e. The van der Waals surface area contributed by atoms with E-state index in [0.717, 1.165) is 73.6 Å². The van der Waals surface area contributed by atoms with Crippen LogP contribution in [0.3, 0.4) is 0 Å². The lowest BCUT2D eigenvalue weighted by molar-refractivity contribution is -0.124. The molecule has 1 aromatic heterocycles. The van der Waals surface area contributed by atoms with Crippen LogP contribution in [0, 0.1) is 5.92 Å². The Kier molecular flexibility index (Phi) is 6.18. The van der Waals surface area contributed by atoms with E-state index in [9.17, 15) is 9.59 Å². The number of hydrogen-bond acceptors (Lipinski definition) is 6. The molecular formula is C28H36N6O3. The number of piperidine rings is 1. The number of likely N-dealkylation sites (N-methyl/N-ethyl adjacent to an activating group) is 2. The highest BCUT2D eigenvalue weighted by Gasteiger charge is 2.45. The predicted octanol–water partition coefficient (Wildman–Crippen LogP) is 3.82. The highest BCUT2D eigenvalue weighted by Crippen LogP contribution is 2.40. The summed E-state index contributed by atoms with van der Waals surface area (Å²) in [5, 5.41) is 3.49. The molecule has 3 amide bonds. The molecule has 9 heteroatoms. The van der Waals surface area contributed by atoms with E-state index in [0.29, 0.717) is 6.54 Å². The first kappa shape index (κ1) is 24.0. The number of nitrogens with zero attached hydrogens (tertiary/aromatic N) is 5. The van der Waals surface area contributed by atoms with Gasteiger partial charge in [0.15, 0.2) is 0 Å². The molecule has 4 aliphatic rings. The van der Waals surface area contributed by atoms with Crippen molar-refractivity contribution in [2.24, 2.45) is 5.92 Å². The summed E-state index contributed by atoms with van der Waals surface area (Å²) in [5.74, 6) is 0.961. The number of anilines is 4. The fourth-order valence-corrected chi connectivity index (χ4v) is 6.59. The normalized spacial score (nSPS) is 27.3. The summed E-state index contributed by atoms with van der Waals surface area (Å²) in [6.07, 6.45) is 6.49. The fourth-order valence-electron chi connectivity index (χ4n) is 6.59. The maximum absolute atomic E-state index is 14.0. The van der Waals surface area contributed by atoms with Gasteiger partial charge in [-0.3, -0.25) is 4.79 Å². The third kappa shape index (κ3) is 4.19. The van der Waals surface area contributed by atoms with Crippen molar-refractivity contribution in [1.82, 2.24) is 14.8 Å². The molecule has 0 unspecified atom stereocenters. The first-order chi connectivity index (χ1) is 17.9. The first-order valence-electron chi connectivity index (χ1n) is 13.4. The number of rotatable bonds is 3. The van der Waals surface area contributed by atoms with E-state index in [2.05, 4.69) is 33.4 Å². The van der Waals surface area contributed by atoms with Crippen LogP contribution in [0.2, 0.25) is 0 Å². The van der Waals surface area contributed by atoms with Crippen LogP contribution in [-0.4, -0.2) is 79.2 Å². The number of fused-ring (bicyclic) bond motifs is 3. The van der Waals surface area contributed by atoms with Crippen LogP contribution in [0.25, 0.3) is 0 Å². The SMILES string of the molecule is COC1CCC(C(=O)N2Cc3cccnc3Nc3ccc(N4CC[C@H]5[C@@H](C4)N(C)C(=O)N5C)cc32)CC1. The smallest absolute Gasteiger partial charge is 0.320 e. The van der Waals surface area contributed by atoms with Gasteiger partial charge in [-0.2, -0.15) is 0 Å². The molecule has 2 saturated heterocycles. The molecule has 196 valence electrons. The zero-order chi connectivity index (χ0) is 25.7. The van der Waals surface area contributed by atoms with E-state index in [-0.39, 0.29) is 36.0 Å². The molecule has 2 atom stereocenters. The number of carbonyl (C=O) groups is 2. The van der Waals surface area contributed by atoms with Gasteiger partial charge in [-0.05, 0) is 56.4 Å². The van der Waals surface area contributed by atoms with Gasteiger partial charge in [0.25, 0.3) is 0 Å². The standard InChI is InChI=1S/C28H36N6O3/c1-31-23-12-14-33(17-25(23)32(2)28(31)36)20-8-11-22-24(15-20)34(16-19-5-4-13-29-26(19)30-22)27(35)18-6-9-21(37-3)10-7-18/h4-5,8,11,13,15,18,21,23,25H,6-7,9-10,12,14,16-17H2,1-3H3,(H,29,30)/t18?,21?,23-,25+/m0/s1. The molecular weight excluding hydrogens is 468 g/mol. The Bertz CT molecular complexity index is 1200. The Balaban J connectivity index is 1.31. The number of urea groups is 1. The molecule has 1 N–H and O–H groups in total. The number of nitrogens with one attached hydrogen (secondary N) is 1. The highest BCUT2D eigenvalue weighted by atomic mass is 16.5. The van der Waals surface area contributed by atoms with Crippen LogP contribution < -0.4 is 15.1 Å². The van der Waals surface area contributed by atoms with Gasteiger partial charge in [-0.1, -0.05) is 6.07 Å². The van der Waals surface area contributed by atoms with Crippen molar-refractivity contribution in [2.75, 3.05) is 49.4 Å². The van der Waals surface area contributed by atoms with Gasteiger partial charge >= 0.3 is 6.03 Å². The summed E-state index contributed by atoms with van der Waals surface area (Å²) in [5.41, 5.74) is 3.87. The van der Waals surface area contributed by atoms with E-state index in [4.69, 9.17) is 4.74 Å². The molecule has 2 aromatic rings. The number of pyridine rings is 1. The lowest BCUT2D eigenvalue weighted by Crippen LogP contribution is -2.51. The number of carbonyl (C=O) groups excluding carboxylic acids is 2. The predicted molar refractivity (Wildman–Crippen MR) is 143 cm³/mol. The van der Waals surface area contributed by atoms with Crippen molar-refractivity contribution in [3.63, 3.8) is 0 Å². The van der Waals surface area contributed by atoms with Crippen molar-refractivity contribution < 1.29 is 14.3 Å². The van der Waals surface area contributed by atoms with Gasteiger partial charge in [-0.25, -0.2) is 9.78 Å². The van der Waals surface area contributed by atoms with Crippen LogP contribution >= 0.6 is 0 Å². The maximum atomic E-state index is 14.0. The second-order valence-electron chi connectivity index (χ2n) is 10.8. The number of benzene rings is 1. The van der Waals surface area contributed by atoms with E-state index in [1.54, 1.807) is 13.3 Å². The Morgan fingerprint density at radius 2 is 1.84 bits per heavy atom. The van der Waals surface area contributed by atoms with Gasteiger partial charge in [0.2, 0.25) is 5.91 Å². The van der Waals surface area contributed by atoms with Crippen molar-refractivity contribution in [3.8, 4) is 0 Å². The number of ether oxygens (including phenoxy) is 1. The quantitative estimate of drug-likeness (QED) is 0.685. The molecule has 1 saturated carbocycles. The summed E-state index contributed by atoms with van der Waals surface area (Å²) >= 11 is 0. The number of hydrogen-bond donors (Lipinski definition) is 1. The third-order valence-corrected chi connectivity index (χ3v) is 8.88. The summed E-state index contributed by atoms with van der Waals surface area (Å²) in [7, 11) is 5.56. The maximum Gasteiger partial charge on any atom is 0.320 e. The number of amides is 3. The fraction of sp³-hybridized carbons (Fsp3) is 0.536. The van der Waals surface area contributed by atoms with Gasteiger partial charge in [0.1, 0.15) is 5.82 Å². The van der Waals surface area contributed by atoms with E-state index in [1.165, 1.54) is 0 Å². The van der Waals surface area contributed by atoms with Crippen LogP contribution in [0.4, 0.5) is 27.7 Å². The molecule has 1 aliphatic carbocycles. The van der Waals surface area contributed by atoms with Crippen LogP contribution in [-0.2, 0) is 16.1 Å². The monoisotopic (exact) mass is 504 g/mol. The number of methoxy groups -OCH3 is 1. The molecule has 37 heavy (non-hydrogen) atoms. The lowest BCUT2D eigenvalue weighted by atomic mass is 9.86. The van der Waals surface area contributed by atoms with Crippen LogP contribution in [0.1, 0.15) is 37.7 Å². The Morgan fingerprint density at radius 3 is 2.62 bits per heavy atom. The second kappa shape index (κ2) is 9.52. The first-order valence-corrected chi connectivity index (χ1v) is 13.4. The molecule has 0 bridgehead atoms. The largest absolute Gasteiger partial charge is 0.381 e. The molecule has 0 spiro atoms. The zero-order valence-electron chi connectivity index (χ0n) is 21.9. The van der Waals surface area contributed by atoms with E-state index >= 15 is 0 Å². The highest BCUT2D eigenvalue weighted by molar-refractivity contribution is 6.00. The van der Waals surface area contributed by atoms with Crippen LogP contribution in [0.15, 0.2) is 36.5 Å². The van der Waals surface area contributed by atoms with Gasteiger partial charge in [0, 0.05) is 57.7 Å².